The van der Waals surface area contributed by atoms with Gasteiger partial charge in [-0.05, 0) is 64.2 Å². The van der Waals surface area contributed by atoms with E-state index in [0.717, 1.165) is 31.7 Å². The van der Waals surface area contributed by atoms with E-state index in [-0.39, 0.29) is 4.90 Å². The van der Waals surface area contributed by atoms with Gasteiger partial charge in [-0.25, -0.2) is 18.1 Å². The fourth-order valence-corrected chi connectivity index (χ4v) is 4.58. The maximum Gasteiger partial charge on any atom is 0.241 e. The predicted molar refractivity (Wildman–Crippen MR) is 117 cm³/mol. The summed E-state index contributed by atoms with van der Waals surface area (Å²) in [6.07, 6.45) is 4.35. The molecule has 0 unspecified atom stereocenters. The Balaban J connectivity index is 2.88. The number of hydrogen-bond acceptors (Lipinski definition) is 4. The van der Waals surface area contributed by atoms with E-state index in [1.807, 2.05) is 51.6 Å². The lowest BCUT2D eigenvalue weighted by molar-refractivity contribution is 0.491. The van der Waals surface area contributed by atoms with Crippen LogP contribution in [0.2, 0.25) is 0 Å². The largest absolute Gasteiger partial charge is 0.357 e. The minimum Gasteiger partial charge on any atom is -0.357 e. The summed E-state index contributed by atoms with van der Waals surface area (Å²) in [5.41, 5.74) is 0.136. The molecule has 0 aliphatic carbocycles. The van der Waals surface area contributed by atoms with Gasteiger partial charge in [0.2, 0.25) is 10.0 Å². The highest BCUT2D eigenvalue weighted by Crippen LogP contribution is 2.18. The number of nitrogens with one attached hydrogen (secondary N) is 3. The number of thioether (sulfide) groups is 1. The third-order valence-electron chi connectivity index (χ3n) is 3.52. The van der Waals surface area contributed by atoms with E-state index in [9.17, 15) is 8.42 Å². The van der Waals surface area contributed by atoms with E-state index in [0.29, 0.717) is 18.1 Å². The van der Waals surface area contributed by atoms with E-state index >= 15 is 0 Å². The van der Waals surface area contributed by atoms with Crippen molar-refractivity contribution < 1.29 is 8.42 Å². The number of nitrogens with zero attached hydrogens (tertiary/aromatic N) is 1. The number of sulfonamides is 1. The minimum atomic E-state index is -3.60. The third-order valence-corrected chi connectivity index (χ3v) is 6.08. The van der Waals surface area contributed by atoms with Crippen molar-refractivity contribution in [2.24, 2.45) is 4.99 Å². The first-order valence-electron chi connectivity index (χ1n) is 9.32. The molecule has 6 nitrogen and oxygen atoms in total. The van der Waals surface area contributed by atoms with Crippen molar-refractivity contribution in [2.45, 2.75) is 57.5 Å². The van der Waals surface area contributed by atoms with Crippen LogP contribution in [-0.2, 0) is 16.6 Å². The Morgan fingerprint density at radius 1 is 1.15 bits per heavy atom. The van der Waals surface area contributed by atoms with Crippen LogP contribution in [0.4, 0.5) is 0 Å². The van der Waals surface area contributed by atoms with Gasteiger partial charge < -0.3 is 10.6 Å². The fourth-order valence-electron chi connectivity index (χ4n) is 2.44. The summed E-state index contributed by atoms with van der Waals surface area (Å²) in [5.74, 6) is 1.86. The summed E-state index contributed by atoms with van der Waals surface area (Å²) in [6.45, 7) is 9.39. The molecule has 0 heterocycles. The van der Waals surface area contributed by atoms with Crippen LogP contribution in [0, 0.1) is 0 Å². The molecule has 0 radical (unpaired) electrons. The summed E-state index contributed by atoms with van der Waals surface area (Å²) in [5, 5.41) is 6.52. The summed E-state index contributed by atoms with van der Waals surface area (Å²) < 4.78 is 28.1. The van der Waals surface area contributed by atoms with Gasteiger partial charge in [0.05, 0.1) is 11.4 Å². The normalized spacial score (nSPS) is 12.9. The van der Waals surface area contributed by atoms with Gasteiger partial charge in [-0.1, -0.05) is 18.2 Å². The molecule has 0 saturated heterocycles. The Labute approximate surface area is 169 Å². The molecule has 0 fully saturated rings. The number of rotatable bonds is 10. The van der Waals surface area contributed by atoms with Crippen molar-refractivity contribution in [1.29, 1.82) is 0 Å². The molecule has 0 amide bonds. The Morgan fingerprint density at radius 2 is 1.85 bits per heavy atom. The summed E-state index contributed by atoms with van der Waals surface area (Å²) in [7, 11) is -3.60. The van der Waals surface area contributed by atoms with Crippen molar-refractivity contribution >= 4 is 27.7 Å². The summed E-state index contributed by atoms with van der Waals surface area (Å²) in [6, 6.07) is 7.01. The van der Waals surface area contributed by atoms with Gasteiger partial charge in [0.25, 0.3) is 0 Å². The van der Waals surface area contributed by atoms with Gasteiger partial charge in [0, 0.05) is 18.6 Å². The molecule has 1 aromatic carbocycles. The van der Waals surface area contributed by atoms with Crippen LogP contribution in [0.5, 0.6) is 0 Å². The molecule has 154 valence electrons. The maximum atomic E-state index is 12.7. The highest BCUT2D eigenvalue weighted by atomic mass is 32.2. The van der Waals surface area contributed by atoms with E-state index in [1.165, 1.54) is 0 Å². The standard InChI is InChI=1S/C19H34N4O2S2/c1-6-20-18(21-13-9-10-14-26-5)22-15-16-11-7-8-12-17(16)27(24,25)23-19(2,3)4/h7-8,11-12,23H,6,9-10,13-15H2,1-5H3,(H2,20,21,22). The van der Waals surface area contributed by atoms with Crippen LogP contribution >= 0.6 is 11.8 Å². The zero-order chi connectivity index (χ0) is 20.3. The van der Waals surface area contributed by atoms with Gasteiger partial charge in [0.1, 0.15) is 0 Å². The van der Waals surface area contributed by atoms with Crippen molar-refractivity contribution in [3.63, 3.8) is 0 Å². The molecule has 27 heavy (non-hydrogen) atoms. The van der Waals surface area contributed by atoms with Crippen molar-refractivity contribution in [2.75, 3.05) is 25.1 Å². The first-order chi connectivity index (χ1) is 12.7. The Bertz CT molecular complexity index is 698. The fraction of sp³-hybridized carbons (Fsp3) is 0.632. The van der Waals surface area contributed by atoms with E-state index in [1.54, 1.807) is 12.1 Å². The van der Waals surface area contributed by atoms with Gasteiger partial charge >= 0.3 is 0 Å². The van der Waals surface area contributed by atoms with Gasteiger partial charge in [0.15, 0.2) is 5.96 Å². The first-order valence-corrected chi connectivity index (χ1v) is 12.2. The lowest BCUT2D eigenvalue weighted by atomic mass is 10.1. The third kappa shape index (κ3) is 9.48. The van der Waals surface area contributed by atoms with Crippen LogP contribution in [0.15, 0.2) is 34.2 Å². The van der Waals surface area contributed by atoms with Gasteiger partial charge in [-0.2, -0.15) is 11.8 Å². The van der Waals surface area contributed by atoms with Crippen LogP contribution in [0.25, 0.3) is 0 Å². The zero-order valence-corrected chi connectivity index (χ0v) is 18.8. The summed E-state index contributed by atoms with van der Waals surface area (Å²) in [4.78, 5) is 4.85. The Hall–Kier alpha value is -1.25. The van der Waals surface area contributed by atoms with Crippen LogP contribution in [0.3, 0.4) is 0 Å². The quantitative estimate of drug-likeness (QED) is 0.311. The molecule has 1 aromatic rings. The molecule has 0 saturated carbocycles. The molecule has 0 bridgehead atoms. The molecular formula is C19H34N4O2S2. The van der Waals surface area contributed by atoms with Crippen LogP contribution in [0.1, 0.15) is 46.1 Å². The molecular weight excluding hydrogens is 380 g/mol. The smallest absolute Gasteiger partial charge is 0.241 e. The Morgan fingerprint density at radius 3 is 2.48 bits per heavy atom. The molecule has 8 heteroatoms. The first kappa shape index (κ1) is 23.8. The highest BCUT2D eigenvalue weighted by molar-refractivity contribution is 7.98. The Kier molecular flexibility index (Phi) is 10.2. The number of guanidine groups is 1. The van der Waals surface area contributed by atoms with Crippen molar-refractivity contribution in [3.05, 3.63) is 29.8 Å². The highest BCUT2D eigenvalue weighted by Gasteiger charge is 2.24. The molecule has 0 aromatic heterocycles. The SMILES string of the molecule is CCNC(=NCc1ccccc1S(=O)(=O)NC(C)(C)C)NCCCCSC. The van der Waals surface area contributed by atoms with Crippen LogP contribution in [-0.4, -0.2) is 45.0 Å². The van der Waals surface area contributed by atoms with E-state index in [4.69, 9.17) is 0 Å². The number of aliphatic imine (C=N–C) groups is 1. The molecule has 0 aliphatic rings. The zero-order valence-electron chi connectivity index (χ0n) is 17.1. The summed E-state index contributed by atoms with van der Waals surface area (Å²) >= 11 is 1.85. The number of unbranched alkanes of at least 4 members (excludes halogenated alkanes) is 1. The van der Waals surface area contributed by atoms with E-state index < -0.39 is 15.6 Å². The average Bonchev–Trinajstić information content (AvgIpc) is 2.57. The van der Waals surface area contributed by atoms with Crippen molar-refractivity contribution in [3.8, 4) is 0 Å². The maximum absolute atomic E-state index is 12.7. The second-order valence-electron chi connectivity index (χ2n) is 7.29. The van der Waals surface area contributed by atoms with E-state index in [2.05, 4.69) is 26.6 Å². The second kappa shape index (κ2) is 11.6. The average molecular weight is 415 g/mol. The monoisotopic (exact) mass is 414 g/mol. The topological polar surface area (TPSA) is 82.6 Å². The molecule has 0 spiro atoms. The molecule has 3 N–H and O–H groups in total. The van der Waals surface area contributed by atoms with Crippen molar-refractivity contribution in [1.82, 2.24) is 15.4 Å². The molecule has 0 aliphatic heterocycles. The van der Waals surface area contributed by atoms with Gasteiger partial charge in [-0.15, -0.1) is 0 Å². The lowest BCUT2D eigenvalue weighted by Crippen LogP contribution is -2.40. The molecule has 1 rings (SSSR count). The minimum absolute atomic E-state index is 0.277. The predicted octanol–water partition coefficient (Wildman–Crippen LogP) is 2.96. The lowest BCUT2D eigenvalue weighted by Gasteiger charge is -2.21. The number of benzene rings is 1. The van der Waals surface area contributed by atoms with Gasteiger partial charge in [-0.3, -0.25) is 0 Å². The number of hydrogen-bond donors (Lipinski definition) is 3. The second-order valence-corrected chi connectivity index (χ2v) is 9.92. The van der Waals surface area contributed by atoms with Crippen LogP contribution < -0.4 is 15.4 Å². The molecule has 0 atom stereocenters.